The molecule has 2 nitrogen and oxygen atoms in total. The fraction of sp³-hybridized carbons (Fsp3) is 0.600. The van der Waals surface area contributed by atoms with E-state index in [1.165, 1.54) is 24.8 Å². The highest BCUT2D eigenvalue weighted by Gasteiger charge is 2.34. The largest absolute Gasteiger partial charge is 0.324 e. The second kappa shape index (κ2) is 6.18. The molecule has 3 atom stereocenters. The van der Waals surface area contributed by atoms with Crippen molar-refractivity contribution in [2.45, 2.75) is 44.7 Å². The van der Waals surface area contributed by atoms with E-state index in [-0.39, 0.29) is 6.04 Å². The van der Waals surface area contributed by atoms with Gasteiger partial charge in [-0.05, 0) is 37.3 Å². The van der Waals surface area contributed by atoms with Crippen molar-refractivity contribution in [3.8, 4) is 0 Å². The Morgan fingerprint density at radius 3 is 2.76 bits per heavy atom. The first-order valence-corrected chi connectivity index (χ1v) is 6.85. The van der Waals surface area contributed by atoms with Crippen molar-refractivity contribution in [1.29, 1.82) is 0 Å². The minimum absolute atomic E-state index is 0.194. The first-order chi connectivity index (χ1) is 8.31. The average molecular weight is 232 g/mol. The van der Waals surface area contributed by atoms with Crippen molar-refractivity contribution in [2.24, 2.45) is 11.7 Å². The Hall–Kier alpha value is -0.860. The molecule has 2 heteroatoms. The van der Waals surface area contributed by atoms with Crippen LogP contribution in [-0.2, 0) is 0 Å². The molecule has 1 aromatic carbocycles. The highest BCUT2D eigenvalue weighted by atomic mass is 15.0. The van der Waals surface area contributed by atoms with Gasteiger partial charge < -0.3 is 11.1 Å². The molecule has 3 unspecified atom stereocenters. The van der Waals surface area contributed by atoms with Crippen LogP contribution in [-0.4, -0.2) is 12.6 Å². The number of hydrogen-bond acceptors (Lipinski definition) is 2. The minimum atomic E-state index is 0.194. The lowest BCUT2D eigenvalue weighted by Gasteiger charge is -2.12. The van der Waals surface area contributed by atoms with Crippen molar-refractivity contribution in [3.05, 3.63) is 35.9 Å². The summed E-state index contributed by atoms with van der Waals surface area (Å²) in [7, 11) is 0. The lowest BCUT2D eigenvalue weighted by atomic mass is 10.0. The number of nitrogens with two attached hydrogens (primary N) is 1. The van der Waals surface area contributed by atoms with Crippen LogP contribution in [0.25, 0.3) is 0 Å². The molecule has 0 aliphatic heterocycles. The van der Waals surface area contributed by atoms with Crippen LogP contribution in [0.15, 0.2) is 30.3 Å². The molecule has 0 spiro atoms. The molecule has 1 saturated carbocycles. The normalized spacial score (nSPS) is 24.6. The van der Waals surface area contributed by atoms with E-state index in [0.717, 1.165) is 24.9 Å². The Bertz CT molecular complexity index is 323. The lowest BCUT2D eigenvalue weighted by Crippen LogP contribution is -2.21. The van der Waals surface area contributed by atoms with Crippen LogP contribution >= 0.6 is 0 Å². The Labute approximate surface area is 105 Å². The van der Waals surface area contributed by atoms with Crippen LogP contribution < -0.4 is 11.1 Å². The summed E-state index contributed by atoms with van der Waals surface area (Å²) in [6, 6.07) is 11.4. The van der Waals surface area contributed by atoms with E-state index < -0.39 is 0 Å². The zero-order valence-corrected chi connectivity index (χ0v) is 10.7. The van der Waals surface area contributed by atoms with Crippen molar-refractivity contribution in [3.63, 3.8) is 0 Å². The molecule has 2 rings (SSSR count). The van der Waals surface area contributed by atoms with E-state index >= 15 is 0 Å². The van der Waals surface area contributed by atoms with Gasteiger partial charge in [0.2, 0.25) is 0 Å². The number of rotatable bonds is 7. The van der Waals surface area contributed by atoms with Crippen LogP contribution in [0.2, 0.25) is 0 Å². The van der Waals surface area contributed by atoms with E-state index in [2.05, 4.69) is 36.5 Å². The third-order valence-electron chi connectivity index (χ3n) is 3.77. The fourth-order valence-electron chi connectivity index (χ4n) is 2.43. The number of hydrogen-bond donors (Lipinski definition) is 2. The van der Waals surface area contributed by atoms with Gasteiger partial charge in [-0.1, -0.05) is 43.7 Å². The lowest BCUT2D eigenvalue weighted by molar-refractivity contribution is 0.549. The van der Waals surface area contributed by atoms with Gasteiger partial charge in [0.15, 0.2) is 0 Å². The maximum atomic E-state index is 6.15. The molecular formula is C15H24N2. The molecule has 0 radical (unpaired) electrons. The molecule has 0 saturated heterocycles. The Morgan fingerprint density at radius 2 is 2.12 bits per heavy atom. The summed E-state index contributed by atoms with van der Waals surface area (Å²) < 4.78 is 0. The summed E-state index contributed by atoms with van der Waals surface area (Å²) in [6.07, 6.45) is 4.94. The molecule has 1 aliphatic rings. The summed E-state index contributed by atoms with van der Waals surface area (Å²) >= 11 is 0. The van der Waals surface area contributed by atoms with Crippen LogP contribution in [0, 0.1) is 5.92 Å². The van der Waals surface area contributed by atoms with Gasteiger partial charge in [-0.3, -0.25) is 0 Å². The molecule has 1 fully saturated rings. The zero-order valence-electron chi connectivity index (χ0n) is 10.7. The summed E-state index contributed by atoms with van der Waals surface area (Å²) in [6.45, 7) is 3.39. The Balaban J connectivity index is 1.59. The molecule has 3 N–H and O–H groups in total. The Kier molecular flexibility index (Phi) is 4.57. The van der Waals surface area contributed by atoms with E-state index in [0.29, 0.717) is 0 Å². The van der Waals surface area contributed by atoms with Crippen molar-refractivity contribution in [1.82, 2.24) is 5.32 Å². The maximum absolute atomic E-state index is 6.15. The second-order valence-electron chi connectivity index (χ2n) is 5.12. The van der Waals surface area contributed by atoms with Crippen LogP contribution in [0.5, 0.6) is 0 Å². The predicted octanol–water partition coefficient (Wildman–Crippen LogP) is 2.85. The highest BCUT2D eigenvalue weighted by Crippen LogP contribution is 2.32. The summed E-state index contributed by atoms with van der Waals surface area (Å²) in [5, 5.41) is 3.61. The summed E-state index contributed by atoms with van der Waals surface area (Å²) in [4.78, 5) is 0. The molecule has 0 amide bonds. The van der Waals surface area contributed by atoms with Gasteiger partial charge in [0.05, 0.1) is 0 Å². The van der Waals surface area contributed by atoms with Gasteiger partial charge in [0, 0.05) is 12.1 Å². The van der Waals surface area contributed by atoms with Gasteiger partial charge in [-0.15, -0.1) is 0 Å². The van der Waals surface area contributed by atoms with Gasteiger partial charge in [-0.25, -0.2) is 0 Å². The predicted molar refractivity (Wildman–Crippen MR) is 72.8 cm³/mol. The zero-order chi connectivity index (χ0) is 12.1. The van der Waals surface area contributed by atoms with Crippen LogP contribution in [0.3, 0.4) is 0 Å². The van der Waals surface area contributed by atoms with E-state index in [4.69, 9.17) is 5.73 Å². The first-order valence-electron chi connectivity index (χ1n) is 6.85. The minimum Gasteiger partial charge on any atom is -0.324 e. The van der Waals surface area contributed by atoms with E-state index in [9.17, 15) is 0 Å². The van der Waals surface area contributed by atoms with Crippen molar-refractivity contribution >= 4 is 0 Å². The first kappa shape index (κ1) is 12.6. The summed E-state index contributed by atoms with van der Waals surface area (Å²) in [5.41, 5.74) is 7.41. The molecule has 17 heavy (non-hydrogen) atoms. The third-order valence-corrected chi connectivity index (χ3v) is 3.77. The molecular weight excluding hydrogens is 208 g/mol. The molecule has 1 aromatic rings. The topological polar surface area (TPSA) is 38.0 Å². The van der Waals surface area contributed by atoms with Gasteiger partial charge >= 0.3 is 0 Å². The highest BCUT2D eigenvalue weighted by molar-refractivity contribution is 5.18. The summed E-state index contributed by atoms with van der Waals surface area (Å²) in [5.74, 6) is 0.942. The van der Waals surface area contributed by atoms with Gasteiger partial charge in [0.1, 0.15) is 0 Å². The van der Waals surface area contributed by atoms with Gasteiger partial charge in [-0.2, -0.15) is 0 Å². The van der Waals surface area contributed by atoms with Crippen molar-refractivity contribution in [2.75, 3.05) is 6.54 Å². The number of benzene rings is 1. The molecule has 1 aliphatic carbocycles. The SMILES string of the molecule is CCC1CC1NCCCC(N)c1ccccc1. The Morgan fingerprint density at radius 1 is 1.35 bits per heavy atom. The molecule has 0 bridgehead atoms. The quantitative estimate of drug-likeness (QED) is 0.709. The fourth-order valence-corrected chi connectivity index (χ4v) is 2.43. The van der Waals surface area contributed by atoms with E-state index in [1.54, 1.807) is 0 Å². The molecule has 94 valence electrons. The molecule has 0 aromatic heterocycles. The average Bonchev–Trinajstić information content (AvgIpc) is 3.14. The second-order valence-corrected chi connectivity index (χ2v) is 5.12. The number of nitrogens with one attached hydrogen (secondary N) is 1. The molecule has 0 heterocycles. The maximum Gasteiger partial charge on any atom is 0.0295 e. The van der Waals surface area contributed by atoms with Gasteiger partial charge in [0.25, 0.3) is 0 Å². The van der Waals surface area contributed by atoms with Crippen LogP contribution in [0.4, 0.5) is 0 Å². The smallest absolute Gasteiger partial charge is 0.0295 e. The third kappa shape index (κ3) is 3.83. The van der Waals surface area contributed by atoms with Crippen molar-refractivity contribution < 1.29 is 0 Å². The monoisotopic (exact) mass is 232 g/mol. The van der Waals surface area contributed by atoms with Crippen LogP contribution in [0.1, 0.15) is 44.2 Å². The standard InChI is InChI=1S/C15H24N2/c1-2-12-11-15(12)17-10-6-9-14(16)13-7-4-3-5-8-13/h3-5,7-8,12,14-15,17H,2,6,9-11,16H2,1H3. The van der Waals surface area contributed by atoms with E-state index in [1.807, 2.05) is 6.07 Å².